The van der Waals surface area contributed by atoms with Crippen LogP contribution in [0, 0.1) is 5.92 Å². The van der Waals surface area contributed by atoms with Crippen molar-refractivity contribution in [1.29, 1.82) is 0 Å². The van der Waals surface area contributed by atoms with Gasteiger partial charge in [0.2, 0.25) is 0 Å². The molecule has 0 rings (SSSR count). The predicted octanol–water partition coefficient (Wildman–Crippen LogP) is 2.96. The third kappa shape index (κ3) is 5.84. The Morgan fingerprint density at radius 3 is 2.55 bits per heavy atom. The molecule has 0 aromatic carbocycles. The van der Waals surface area contributed by atoms with Crippen LogP contribution >= 0.6 is 0 Å². The maximum absolute atomic E-state index is 11.1. The maximum Gasteiger partial charge on any atom is 0.155 e. The molecule has 0 heterocycles. The molecule has 1 heteroatoms. The Balaban J connectivity index is 3.60. The number of allylic oxidation sites excluding steroid dienone is 2. The molecular formula is C10H18O. The van der Waals surface area contributed by atoms with Crippen LogP contribution in [0.3, 0.4) is 0 Å². The van der Waals surface area contributed by atoms with Crippen molar-refractivity contribution in [2.45, 2.75) is 40.0 Å². The summed E-state index contributed by atoms with van der Waals surface area (Å²) in [6.07, 6.45) is 6.36. The molecule has 0 saturated carbocycles. The van der Waals surface area contributed by atoms with Crippen molar-refractivity contribution < 1.29 is 4.79 Å². The molecular weight excluding hydrogens is 136 g/mol. The van der Waals surface area contributed by atoms with Crippen LogP contribution in [-0.4, -0.2) is 5.78 Å². The average molecular weight is 154 g/mol. The Bertz CT molecular complexity index is 136. The quantitative estimate of drug-likeness (QED) is 0.556. The van der Waals surface area contributed by atoms with Crippen LogP contribution in [0.4, 0.5) is 0 Å². The minimum Gasteiger partial charge on any atom is -0.295 e. The van der Waals surface area contributed by atoms with Gasteiger partial charge in [0, 0.05) is 6.42 Å². The first-order chi connectivity index (χ1) is 5.20. The van der Waals surface area contributed by atoms with E-state index in [-0.39, 0.29) is 5.78 Å². The number of hydrogen-bond acceptors (Lipinski definition) is 1. The molecule has 0 fully saturated rings. The Kier molecular flexibility index (Phi) is 5.81. The lowest BCUT2D eigenvalue weighted by atomic mass is 10.0. The van der Waals surface area contributed by atoms with E-state index < -0.39 is 0 Å². The standard InChI is InChI=1S/C10H18O/c1-4-6-7-10(11)8-9(3)5-2/h6-7,9H,4-5,8H2,1-3H3/b7-6+. The average Bonchev–Trinajstić information content (AvgIpc) is 2.00. The summed E-state index contributed by atoms with van der Waals surface area (Å²) >= 11 is 0. The summed E-state index contributed by atoms with van der Waals surface area (Å²) in [6.45, 7) is 6.26. The van der Waals surface area contributed by atoms with Crippen LogP contribution in [0.2, 0.25) is 0 Å². The Morgan fingerprint density at radius 1 is 1.45 bits per heavy atom. The van der Waals surface area contributed by atoms with E-state index in [1.807, 2.05) is 13.0 Å². The summed E-state index contributed by atoms with van der Waals surface area (Å²) in [5.74, 6) is 0.796. The summed E-state index contributed by atoms with van der Waals surface area (Å²) in [5.41, 5.74) is 0. The summed E-state index contributed by atoms with van der Waals surface area (Å²) in [6, 6.07) is 0. The van der Waals surface area contributed by atoms with Crippen LogP contribution in [-0.2, 0) is 4.79 Å². The molecule has 11 heavy (non-hydrogen) atoms. The highest BCUT2D eigenvalue weighted by Crippen LogP contribution is 2.06. The SMILES string of the molecule is CC/C=C/C(=O)CC(C)CC. The van der Waals surface area contributed by atoms with E-state index in [1.54, 1.807) is 6.08 Å². The van der Waals surface area contributed by atoms with Gasteiger partial charge in [0.05, 0.1) is 0 Å². The van der Waals surface area contributed by atoms with Gasteiger partial charge in [-0.3, -0.25) is 4.79 Å². The third-order valence-electron chi connectivity index (χ3n) is 1.79. The molecule has 0 aliphatic rings. The molecule has 0 N–H and O–H groups in total. The fourth-order valence-corrected chi connectivity index (χ4v) is 0.805. The molecule has 0 spiro atoms. The van der Waals surface area contributed by atoms with Crippen molar-refractivity contribution in [3.63, 3.8) is 0 Å². The molecule has 0 aromatic heterocycles. The van der Waals surface area contributed by atoms with Crippen molar-refractivity contribution in [1.82, 2.24) is 0 Å². The fraction of sp³-hybridized carbons (Fsp3) is 0.700. The lowest BCUT2D eigenvalue weighted by Gasteiger charge is -2.03. The summed E-state index contributed by atoms with van der Waals surface area (Å²) in [5, 5.41) is 0. The van der Waals surface area contributed by atoms with Gasteiger partial charge in [-0.05, 0) is 18.4 Å². The lowest BCUT2D eigenvalue weighted by molar-refractivity contribution is -0.115. The second kappa shape index (κ2) is 6.14. The van der Waals surface area contributed by atoms with Crippen molar-refractivity contribution >= 4 is 5.78 Å². The number of ketones is 1. The number of carbonyl (C=O) groups is 1. The molecule has 0 saturated heterocycles. The van der Waals surface area contributed by atoms with Gasteiger partial charge in [-0.2, -0.15) is 0 Å². The van der Waals surface area contributed by atoms with E-state index in [0.29, 0.717) is 12.3 Å². The van der Waals surface area contributed by atoms with Gasteiger partial charge in [0.25, 0.3) is 0 Å². The highest BCUT2D eigenvalue weighted by molar-refractivity contribution is 5.89. The fourth-order valence-electron chi connectivity index (χ4n) is 0.805. The lowest BCUT2D eigenvalue weighted by Crippen LogP contribution is -2.00. The van der Waals surface area contributed by atoms with Gasteiger partial charge in [-0.15, -0.1) is 0 Å². The first-order valence-corrected chi connectivity index (χ1v) is 4.40. The first-order valence-electron chi connectivity index (χ1n) is 4.40. The summed E-state index contributed by atoms with van der Waals surface area (Å²) < 4.78 is 0. The first kappa shape index (κ1) is 10.4. The van der Waals surface area contributed by atoms with E-state index in [9.17, 15) is 4.79 Å². The Hall–Kier alpha value is -0.590. The van der Waals surface area contributed by atoms with Crippen LogP contribution in [0.25, 0.3) is 0 Å². The van der Waals surface area contributed by atoms with Crippen molar-refractivity contribution in [3.05, 3.63) is 12.2 Å². The second-order valence-corrected chi connectivity index (χ2v) is 2.99. The maximum atomic E-state index is 11.1. The van der Waals surface area contributed by atoms with E-state index in [0.717, 1.165) is 12.8 Å². The highest BCUT2D eigenvalue weighted by atomic mass is 16.1. The zero-order valence-corrected chi connectivity index (χ0v) is 7.76. The molecule has 0 aliphatic heterocycles. The van der Waals surface area contributed by atoms with Crippen LogP contribution in [0.15, 0.2) is 12.2 Å². The Labute approximate surface area is 69.5 Å². The monoisotopic (exact) mass is 154 g/mol. The number of hydrogen-bond donors (Lipinski definition) is 0. The normalized spacial score (nSPS) is 13.7. The van der Waals surface area contributed by atoms with E-state index in [4.69, 9.17) is 0 Å². The van der Waals surface area contributed by atoms with Crippen LogP contribution in [0.1, 0.15) is 40.0 Å². The van der Waals surface area contributed by atoms with Crippen molar-refractivity contribution in [2.24, 2.45) is 5.92 Å². The van der Waals surface area contributed by atoms with E-state index in [2.05, 4.69) is 13.8 Å². The minimum atomic E-state index is 0.265. The van der Waals surface area contributed by atoms with Gasteiger partial charge in [0.1, 0.15) is 0 Å². The molecule has 0 radical (unpaired) electrons. The van der Waals surface area contributed by atoms with E-state index in [1.165, 1.54) is 0 Å². The van der Waals surface area contributed by atoms with Gasteiger partial charge in [-0.25, -0.2) is 0 Å². The summed E-state index contributed by atoms with van der Waals surface area (Å²) in [7, 11) is 0. The van der Waals surface area contributed by atoms with Crippen molar-refractivity contribution in [3.8, 4) is 0 Å². The molecule has 1 atom stereocenters. The van der Waals surface area contributed by atoms with Crippen LogP contribution in [0.5, 0.6) is 0 Å². The van der Waals surface area contributed by atoms with Gasteiger partial charge in [-0.1, -0.05) is 33.3 Å². The zero-order chi connectivity index (χ0) is 8.69. The molecule has 0 bridgehead atoms. The third-order valence-corrected chi connectivity index (χ3v) is 1.79. The van der Waals surface area contributed by atoms with Crippen LogP contribution < -0.4 is 0 Å². The van der Waals surface area contributed by atoms with Gasteiger partial charge in [0.15, 0.2) is 5.78 Å². The predicted molar refractivity (Wildman–Crippen MR) is 48.5 cm³/mol. The number of rotatable bonds is 5. The minimum absolute atomic E-state index is 0.265. The van der Waals surface area contributed by atoms with Crippen molar-refractivity contribution in [2.75, 3.05) is 0 Å². The summed E-state index contributed by atoms with van der Waals surface area (Å²) in [4.78, 5) is 11.1. The molecule has 0 aliphatic carbocycles. The van der Waals surface area contributed by atoms with Gasteiger partial charge < -0.3 is 0 Å². The molecule has 0 aromatic rings. The number of carbonyl (C=O) groups excluding carboxylic acids is 1. The largest absolute Gasteiger partial charge is 0.295 e. The highest BCUT2D eigenvalue weighted by Gasteiger charge is 2.02. The Morgan fingerprint density at radius 2 is 2.09 bits per heavy atom. The second-order valence-electron chi connectivity index (χ2n) is 2.99. The molecule has 64 valence electrons. The van der Waals surface area contributed by atoms with Gasteiger partial charge >= 0.3 is 0 Å². The van der Waals surface area contributed by atoms with E-state index >= 15 is 0 Å². The molecule has 1 unspecified atom stereocenters. The topological polar surface area (TPSA) is 17.1 Å². The molecule has 1 nitrogen and oxygen atoms in total. The molecule has 0 amide bonds. The smallest absolute Gasteiger partial charge is 0.155 e. The zero-order valence-electron chi connectivity index (χ0n) is 7.76.